The SMILES string of the molecule is CC(C)C1OC(c2ccccc2)=NC1=O. The van der Waals surface area contributed by atoms with Gasteiger partial charge in [-0.2, -0.15) is 4.99 Å². The predicted octanol–water partition coefficient (Wildman–Crippen LogP) is 2.01. The van der Waals surface area contributed by atoms with Gasteiger partial charge in [-0.1, -0.05) is 32.0 Å². The summed E-state index contributed by atoms with van der Waals surface area (Å²) in [5.74, 6) is 0.422. The number of benzene rings is 1. The van der Waals surface area contributed by atoms with Gasteiger partial charge in [0.25, 0.3) is 5.91 Å². The molecule has 0 saturated carbocycles. The summed E-state index contributed by atoms with van der Waals surface area (Å²) in [6, 6.07) is 9.48. The van der Waals surface area contributed by atoms with Gasteiger partial charge in [0, 0.05) is 5.56 Å². The van der Waals surface area contributed by atoms with Crippen LogP contribution in [0.4, 0.5) is 0 Å². The summed E-state index contributed by atoms with van der Waals surface area (Å²) in [6.07, 6.45) is -0.416. The Balaban J connectivity index is 2.22. The molecule has 1 aromatic carbocycles. The summed E-state index contributed by atoms with van der Waals surface area (Å²) >= 11 is 0. The Morgan fingerprint density at radius 3 is 2.47 bits per heavy atom. The lowest BCUT2D eigenvalue weighted by Crippen LogP contribution is -2.24. The normalized spacial score (nSPS) is 20.3. The monoisotopic (exact) mass is 203 g/mol. The minimum Gasteiger partial charge on any atom is -0.463 e. The molecule has 1 atom stereocenters. The molecule has 0 spiro atoms. The van der Waals surface area contributed by atoms with Crippen LogP contribution in [0, 0.1) is 5.92 Å². The van der Waals surface area contributed by atoms with Crippen molar-refractivity contribution in [3.05, 3.63) is 35.9 Å². The molecule has 1 unspecified atom stereocenters. The Kier molecular flexibility index (Phi) is 2.54. The average molecular weight is 203 g/mol. The van der Waals surface area contributed by atoms with Crippen LogP contribution in [0.25, 0.3) is 0 Å². The fourth-order valence-electron chi connectivity index (χ4n) is 1.50. The lowest BCUT2D eigenvalue weighted by Gasteiger charge is -2.12. The van der Waals surface area contributed by atoms with Crippen molar-refractivity contribution in [2.45, 2.75) is 20.0 Å². The molecule has 1 aromatic rings. The van der Waals surface area contributed by atoms with E-state index in [4.69, 9.17) is 4.74 Å². The standard InChI is InChI=1S/C12H13NO2/c1-8(2)10-11(14)13-12(15-10)9-6-4-3-5-7-9/h3-8,10H,1-2H3. The first-order chi connectivity index (χ1) is 7.18. The van der Waals surface area contributed by atoms with Gasteiger partial charge in [0.15, 0.2) is 6.10 Å². The van der Waals surface area contributed by atoms with E-state index in [9.17, 15) is 4.79 Å². The first-order valence-corrected chi connectivity index (χ1v) is 5.03. The fourth-order valence-corrected chi connectivity index (χ4v) is 1.50. The van der Waals surface area contributed by atoms with Gasteiger partial charge in [-0.3, -0.25) is 4.79 Å². The highest BCUT2D eigenvalue weighted by molar-refractivity contribution is 6.07. The number of ether oxygens (including phenoxy) is 1. The molecule has 0 radical (unpaired) electrons. The molecule has 0 aromatic heterocycles. The third-order valence-electron chi connectivity index (χ3n) is 2.32. The lowest BCUT2D eigenvalue weighted by molar-refractivity contribution is -0.124. The first kappa shape index (κ1) is 9.90. The third kappa shape index (κ3) is 1.91. The number of hydrogen-bond acceptors (Lipinski definition) is 2. The number of aliphatic imine (C=N–C) groups is 1. The number of amides is 1. The van der Waals surface area contributed by atoms with Gasteiger partial charge in [0.2, 0.25) is 5.90 Å². The molecule has 3 nitrogen and oxygen atoms in total. The van der Waals surface area contributed by atoms with E-state index in [1.54, 1.807) is 0 Å². The maximum absolute atomic E-state index is 11.5. The molecule has 0 bridgehead atoms. The summed E-state index contributed by atoms with van der Waals surface area (Å²) in [7, 11) is 0. The van der Waals surface area contributed by atoms with Crippen molar-refractivity contribution >= 4 is 11.8 Å². The zero-order valence-corrected chi connectivity index (χ0v) is 8.81. The van der Waals surface area contributed by atoms with E-state index in [-0.39, 0.29) is 11.8 Å². The Morgan fingerprint density at radius 2 is 1.93 bits per heavy atom. The molecule has 0 fully saturated rings. The quantitative estimate of drug-likeness (QED) is 0.737. The maximum atomic E-state index is 11.5. The number of hydrogen-bond donors (Lipinski definition) is 0. The molecule has 1 aliphatic heterocycles. The smallest absolute Gasteiger partial charge is 0.290 e. The molecule has 78 valence electrons. The highest BCUT2D eigenvalue weighted by atomic mass is 16.5. The van der Waals surface area contributed by atoms with Crippen molar-refractivity contribution in [1.29, 1.82) is 0 Å². The summed E-state index contributed by atoms with van der Waals surface area (Å²) in [4.78, 5) is 15.4. The lowest BCUT2D eigenvalue weighted by atomic mass is 10.1. The van der Waals surface area contributed by atoms with Gasteiger partial charge < -0.3 is 4.74 Å². The number of carbonyl (C=O) groups excluding carboxylic acids is 1. The Labute approximate surface area is 88.8 Å². The molecule has 0 saturated heterocycles. The highest BCUT2D eigenvalue weighted by Gasteiger charge is 2.31. The minimum absolute atomic E-state index is 0.155. The minimum atomic E-state index is -0.416. The van der Waals surface area contributed by atoms with Gasteiger partial charge in [-0.05, 0) is 18.1 Å². The number of carbonyl (C=O) groups is 1. The van der Waals surface area contributed by atoms with Crippen LogP contribution in [-0.4, -0.2) is 17.9 Å². The average Bonchev–Trinajstić information content (AvgIpc) is 2.62. The number of nitrogens with zero attached hydrogens (tertiary/aromatic N) is 1. The Bertz CT molecular complexity index is 395. The second kappa shape index (κ2) is 3.85. The summed E-state index contributed by atoms with van der Waals surface area (Å²) < 4.78 is 5.52. The van der Waals surface area contributed by atoms with E-state index in [1.165, 1.54) is 0 Å². The van der Waals surface area contributed by atoms with Crippen molar-refractivity contribution < 1.29 is 9.53 Å². The second-order valence-corrected chi connectivity index (χ2v) is 3.90. The van der Waals surface area contributed by atoms with Gasteiger partial charge in [0.05, 0.1) is 0 Å². The highest BCUT2D eigenvalue weighted by Crippen LogP contribution is 2.18. The molecule has 1 amide bonds. The first-order valence-electron chi connectivity index (χ1n) is 5.03. The van der Waals surface area contributed by atoms with E-state index < -0.39 is 6.10 Å². The zero-order chi connectivity index (χ0) is 10.8. The van der Waals surface area contributed by atoms with E-state index >= 15 is 0 Å². The van der Waals surface area contributed by atoms with Crippen molar-refractivity contribution in [2.75, 3.05) is 0 Å². The summed E-state index contributed by atoms with van der Waals surface area (Å²) in [6.45, 7) is 3.90. The Morgan fingerprint density at radius 1 is 1.27 bits per heavy atom. The van der Waals surface area contributed by atoms with Crippen LogP contribution in [0.3, 0.4) is 0 Å². The van der Waals surface area contributed by atoms with Crippen LogP contribution >= 0.6 is 0 Å². The van der Waals surface area contributed by atoms with Gasteiger partial charge in [-0.15, -0.1) is 0 Å². The molecule has 0 aliphatic carbocycles. The maximum Gasteiger partial charge on any atom is 0.290 e. The van der Waals surface area contributed by atoms with E-state index in [1.807, 2.05) is 44.2 Å². The van der Waals surface area contributed by atoms with E-state index in [2.05, 4.69) is 4.99 Å². The van der Waals surface area contributed by atoms with E-state index in [0.717, 1.165) is 5.56 Å². The van der Waals surface area contributed by atoms with Crippen molar-refractivity contribution in [3.8, 4) is 0 Å². The molecular weight excluding hydrogens is 190 g/mol. The molecule has 3 heteroatoms. The molecule has 2 rings (SSSR count). The summed E-state index contributed by atoms with van der Waals surface area (Å²) in [5, 5.41) is 0. The number of rotatable bonds is 2. The van der Waals surface area contributed by atoms with Gasteiger partial charge in [-0.25, -0.2) is 0 Å². The zero-order valence-electron chi connectivity index (χ0n) is 8.81. The van der Waals surface area contributed by atoms with Crippen LogP contribution in [0.15, 0.2) is 35.3 Å². The van der Waals surface area contributed by atoms with Crippen LogP contribution in [-0.2, 0) is 9.53 Å². The molecule has 0 N–H and O–H groups in total. The Hall–Kier alpha value is -1.64. The van der Waals surface area contributed by atoms with Crippen LogP contribution in [0.2, 0.25) is 0 Å². The predicted molar refractivity (Wildman–Crippen MR) is 57.7 cm³/mol. The van der Waals surface area contributed by atoms with Crippen LogP contribution in [0.1, 0.15) is 19.4 Å². The molecule has 1 aliphatic rings. The van der Waals surface area contributed by atoms with Gasteiger partial charge in [0.1, 0.15) is 0 Å². The summed E-state index contributed by atoms with van der Waals surface area (Å²) in [5.41, 5.74) is 0.856. The third-order valence-corrected chi connectivity index (χ3v) is 2.32. The van der Waals surface area contributed by atoms with Crippen LogP contribution in [0.5, 0.6) is 0 Å². The molecule has 1 heterocycles. The van der Waals surface area contributed by atoms with Crippen LogP contribution < -0.4 is 0 Å². The van der Waals surface area contributed by atoms with Crippen molar-refractivity contribution in [3.63, 3.8) is 0 Å². The fraction of sp³-hybridized carbons (Fsp3) is 0.333. The topological polar surface area (TPSA) is 38.7 Å². The largest absolute Gasteiger partial charge is 0.463 e. The van der Waals surface area contributed by atoms with Crippen molar-refractivity contribution in [2.24, 2.45) is 10.9 Å². The second-order valence-electron chi connectivity index (χ2n) is 3.90. The molecule has 15 heavy (non-hydrogen) atoms. The van der Waals surface area contributed by atoms with Gasteiger partial charge >= 0.3 is 0 Å². The van der Waals surface area contributed by atoms with Crippen molar-refractivity contribution in [1.82, 2.24) is 0 Å². The van der Waals surface area contributed by atoms with E-state index in [0.29, 0.717) is 5.90 Å². The molecular formula is C12H13NO2.